The molecule has 0 saturated carbocycles. The maximum absolute atomic E-state index is 15.0. The van der Waals surface area contributed by atoms with E-state index in [0.717, 1.165) is 175 Å². The molecule has 15 heterocycles. The number of halogens is 7. The van der Waals surface area contributed by atoms with Crippen molar-refractivity contribution in [3.05, 3.63) is 184 Å². The highest BCUT2D eigenvalue weighted by Crippen LogP contribution is 2.39. The molecule has 0 spiro atoms. The number of rotatable bonds is 16. The van der Waals surface area contributed by atoms with Crippen LogP contribution in [-0.4, -0.2) is 200 Å². The van der Waals surface area contributed by atoms with Gasteiger partial charge in [-0.05, 0) is 169 Å². The number of aryl methyl sites for hydroxylation is 3. The minimum Gasteiger partial charge on any atom is -0.368 e. The largest absolute Gasteiger partial charge is 0.368 e. The van der Waals surface area contributed by atoms with Crippen LogP contribution in [-0.2, 0) is 38.9 Å². The quantitative estimate of drug-likeness (QED) is 0.0602. The number of fused-ring (bicyclic) bond motifs is 9. The third-order valence-corrected chi connectivity index (χ3v) is 23.2. The van der Waals surface area contributed by atoms with Gasteiger partial charge in [0.1, 0.15) is 67.3 Å². The second-order valence-electron chi connectivity index (χ2n) is 31.6. The van der Waals surface area contributed by atoms with E-state index >= 15 is 0 Å². The molecule has 3 fully saturated rings. The summed E-state index contributed by atoms with van der Waals surface area (Å²) in [6, 6.07) is 23.5. The van der Waals surface area contributed by atoms with E-state index in [2.05, 4.69) is 184 Å². The van der Waals surface area contributed by atoms with Crippen molar-refractivity contribution in [3.63, 3.8) is 0 Å². The molecule has 602 valence electrons. The Bertz CT molecular complexity index is 5200. The third-order valence-electron chi connectivity index (χ3n) is 22.8. The third kappa shape index (κ3) is 18.2. The lowest BCUT2D eigenvalue weighted by atomic mass is 10.1. The molecule has 18 rings (SSSR count). The fraction of sp³-hybridized carbons (Fsp3) is 0.429. The summed E-state index contributed by atoms with van der Waals surface area (Å²) >= 11 is 3.36. The molecule has 0 bridgehead atoms. The molecule has 24 nitrogen and oxygen atoms in total. The Balaban J connectivity index is 0.000000127. The summed E-state index contributed by atoms with van der Waals surface area (Å²) in [6.45, 7) is 35.6. The highest BCUT2D eigenvalue weighted by Gasteiger charge is 2.31. The van der Waals surface area contributed by atoms with Crippen molar-refractivity contribution in [2.75, 3.05) is 94.9 Å². The second kappa shape index (κ2) is 34.8. The zero-order chi connectivity index (χ0) is 80.5. The monoisotopic (exact) mass is 1630 g/mol. The van der Waals surface area contributed by atoms with Gasteiger partial charge < -0.3 is 30.1 Å². The number of nitrogen functional groups attached to an aromatic ring is 1. The van der Waals surface area contributed by atoms with Gasteiger partial charge in [-0.15, -0.1) is 0 Å². The van der Waals surface area contributed by atoms with E-state index in [1.54, 1.807) is 18.2 Å². The smallest absolute Gasteiger partial charge is 0.229 e. The Morgan fingerprint density at radius 2 is 0.704 bits per heavy atom. The molecule has 3 saturated heterocycles. The molecule has 4 N–H and O–H groups in total. The molecule has 0 aliphatic carbocycles. The van der Waals surface area contributed by atoms with Crippen molar-refractivity contribution < 1.29 is 26.3 Å². The number of piperazine rings is 3. The van der Waals surface area contributed by atoms with Gasteiger partial charge >= 0.3 is 0 Å². The summed E-state index contributed by atoms with van der Waals surface area (Å²) in [6.07, 6.45) is 14.1. The Morgan fingerprint density at radius 1 is 0.383 bits per heavy atom. The number of hydrogen-bond donors (Lipinski definition) is 3. The van der Waals surface area contributed by atoms with Crippen molar-refractivity contribution in [2.45, 2.75) is 157 Å². The summed E-state index contributed by atoms with van der Waals surface area (Å²) in [7, 11) is 0. The maximum Gasteiger partial charge on any atom is 0.229 e. The molecule has 6 aliphatic rings. The Hall–Kier alpha value is -10.0. The lowest BCUT2D eigenvalue weighted by Crippen LogP contribution is -2.48. The van der Waals surface area contributed by atoms with Crippen LogP contribution in [0, 0.1) is 34.9 Å². The van der Waals surface area contributed by atoms with E-state index in [4.69, 9.17) is 5.73 Å². The first-order valence-electron chi connectivity index (χ1n) is 39.8. The average molecular weight is 1640 g/mol. The number of pyridine rings is 3. The fourth-order valence-corrected chi connectivity index (χ4v) is 16.5. The molecular formula is C84H97BrF6N24. The number of anilines is 5. The predicted molar refractivity (Wildman–Crippen MR) is 438 cm³/mol. The van der Waals surface area contributed by atoms with Crippen molar-refractivity contribution in [3.8, 4) is 33.8 Å². The van der Waals surface area contributed by atoms with Crippen LogP contribution >= 0.6 is 15.9 Å². The van der Waals surface area contributed by atoms with Crippen LogP contribution in [0.4, 0.5) is 55.8 Å². The van der Waals surface area contributed by atoms with Crippen molar-refractivity contribution in [1.29, 1.82) is 0 Å². The lowest BCUT2D eigenvalue weighted by Gasteiger charge is -2.36. The Kier molecular flexibility index (Phi) is 24.3. The van der Waals surface area contributed by atoms with Gasteiger partial charge in [0.15, 0.2) is 34.9 Å². The van der Waals surface area contributed by atoms with E-state index < -0.39 is 34.9 Å². The van der Waals surface area contributed by atoms with Gasteiger partial charge in [-0.3, -0.25) is 29.4 Å². The SMILES string of the molecule is CC(C)N1CCN(Cc2ccc(Br)nc2)CC1.CC(C)N1CCN(Cc2ccc(Nc3ncc(F)c(-c4cc(F)c5nc6n(c5c4)C(C)CC6)n3)nc2)CC1.CC(C)N1CCN(Cc2ccc(Nc3ncc(F)c(-c4cc(F)c5nc6n(c5c4)C(C)CC6)n3)nc2)CC1.CC1CCc2nc3c(F)cc(-c4nc(N)ncc4F)cc3n21. The molecule has 12 aromatic rings. The van der Waals surface area contributed by atoms with Crippen LogP contribution in [0.5, 0.6) is 0 Å². The number of imidazole rings is 3. The van der Waals surface area contributed by atoms with Gasteiger partial charge in [0.25, 0.3) is 0 Å². The van der Waals surface area contributed by atoms with Crippen LogP contribution in [0.2, 0.25) is 0 Å². The number of nitrogens with two attached hydrogens (primary N) is 1. The maximum atomic E-state index is 15.0. The summed E-state index contributed by atoms with van der Waals surface area (Å²) in [5.41, 5.74) is 13.1. The van der Waals surface area contributed by atoms with Gasteiger partial charge in [-0.2, -0.15) is 0 Å². The number of aromatic nitrogens is 15. The molecule has 3 atom stereocenters. The van der Waals surface area contributed by atoms with E-state index in [9.17, 15) is 26.3 Å². The minimum absolute atomic E-state index is 0.00509. The normalized spacial score (nSPS) is 18.2. The standard InChI is InChI=1S/2C28H32F2N8.C15H13F2N5.C13H20BrN3/c2*1-17(2)37-10-8-36(9-11-37)16-19-5-6-24(31-14-19)33-28-32-15-22(30)26(35-28)20-12-21(29)27-23(13-20)38-18(3)4-7-25(38)34-27;1-7-2-3-12-20-14-9(16)4-8(5-11(14)22(7)12)13-10(17)6-19-15(18)21-13;1-11(2)17-7-5-16(6-8-17)10-12-3-4-13(14)15-9-12/h2*5-6,12-15,17-18H,4,7-11,16H2,1-3H3,(H,31,32,33,35);4-7H,2-3H2,1H3,(H2,18,19,21);3-4,9,11H,5-8,10H2,1-2H3. The number of benzene rings is 3. The zero-order valence-corrected chi connectivity index (χ0v) is 67.9. The molecule has 31 heteroatoms. The number of nitrogens with one attached hydrogen (secondary N) is 2. The van der Waals surface area contributed by atoms with Crippen LogP contribution in [0.25, 0.3) is 66.9 Å². The van der Waals surface area contributed by atoms with Gasteiger partial charge in [0.2, 0.25) is 17.8 Å². The first kappa shape index (κ1) is 80.2. The highest BCUT2D eigenvalue weighted by atomic mass is 79.9. The van der Waals surface area contributed by atoms with Crippen molar-refractivity contribution >= 4 is 78.5 Å². The summed E-state index contributed by atoms with van der Waals surface area (Å²) in [4.78, 5) is 65.8. The molecule has 115 heavy (non-hydrogen) atoms. The van der Waals surface area contributed by atoms with E-state index in [1.165, 1.54) is 36.9 Å². The average Bonchev–Trinajstić information content (AvgIpc) is 1.61. The van der Waals surface area contributed by atoms with Crippen molar-refractivity contribution in [2.24, 2.45) is 0 Å². The Morgan fingerprint density at radius 3 is 1.02 bits per heavy atom. The fourth-order valence-electron chi connectivity index (χ4n) is 16.3. The molecule has 3 aromatic carbocycles. The molecule has 0 radical (unpaired) electrons. The van der Waals surface area contributed by atoms with Crippen LogP contribution < -0.4 is 16.4 Å². The number of nitrogens with zero attached hydrogens (tertiary/aromatic N) is 21. The topological polar surface area (TPSA) is 239 Å². The lowest BCUT2D eigenvalue weighted by molar-refractivity contribution is 0.104. The summed E-state index contributed by atoms with van der Waals surface area (Å²) < 4.78 is 94.9. The van der Waals surface area contributed by atoms with Gasteiger partial charge in [-0.1, -0.05) is 18.2 Å². The number of hydrogen-bond acceptors (Lipinski definition) is 21. The first-order valence-corrected chi connectivity index (χ1v) is 40.6. The zero-order valence-electron chi connectivity index (χ0n) is 66.3. The summed E-state index contributed by atoms with van der Waals surface area (Å²) in [5, 5.41) is 6.11. The predicted octanol–water partition coefficient (Wildman–Crippen LogP) is 15.1. The molecule has 0 amide bonds. The van der Waals surface area contributed by atoms with Crippen LogP contribution in [0.3, 0.4) is 0 Å². The molecule has 9 aromatic heterocycles. The van der Waals surface area contributed by atoms with E-state index in [0.29, 0.717) is 79.6 Å². The van der Waals surface area contributed by atoms with Crippen molar-refractivity contribution in [1.82, 2.24) is 103 Å². The minimum atomic E-state index is -0.637. The van der Waals surface area contributed by atoms with Gasteiger partial charge in [0.05, 0.1) is 35.1 Å². The molecule has 3 unspecified atom stereocenters. The van der Waals surface area contributed by atoms with Gasteiger partial charge in [0, 0.05) is 189 Å². The van der Waals surface area contributed by atoms with Gasteiger partial charge in [-0.25, -0.2) is 86.2 Å². The molecule has 6 aliphatic heterocycles. The van der Waals surface area contributed by atoms with E-state index in [-0.39, 0.29) is 53.1 Å². The Labute approximate surface area is 673 Å². The second-order valence-corrected chi connectivity index (χ2v) is 32.4. The van der Waals surface area contributed by atoms with E-state index in [1.807, 2.05) is 62.6 Å². The van der Waals surface area contributed by atoms with Crippen LogP contribution in [0.15, 0.2) is 115 Å². The first-order chi connectivity index (χ1) is 55.4. The molecular weight excluding hydrogens is 1540 g/mol. The highest BCUT2D eigenvalue weighted by molar-refractivity contribution is 9.10. The van der Waals surface area contributed by atoms with Crippen LogP contribution in [0.1, 0.15) is 134 Å². The summed E-state index contributed by atoms with van der Waals surface area (Å²) in [5.74, 6) is 0.698.